The van der Waals surface area contributed by atoms with Gasteiger partial charge >= 0.3 is 0 Å². The van der Waals surface area contributed by atoms with E-state index in [0.717, 1.165) is 22.6 Å². The number of anilines is 1. The molecule has 3 rings (SSSR count). The number of thioether (sulfide) groups is 1. The predicted octanol–water partition coefficient (Wildman–Crippen LogP) is 3.28. The highest BCUT2D eigenvalue weighted by molar-refractivity contribution is 7.99. The normalized spacial score (nSPS) is 11.6. The molecule has 0 fully saturated rings. The van der Waals surface area contributed by atoms with Crippen LogP contribution in [0, 0.1) is 6.92 Å². The van der Waals surface area contributed by atoms with E-state index in [9.17, 15) is 9.59 Å². The number of ether oxygens (including phenoxy) is 1. The molecule has 0 saturated heterocycles. The highest BCUT2D eigenvalue weighted by Crippen LogP contribution is 2.20. The van der Waals surface area contributed by atoms with Crippen LogP contribution in [-0.4, -0.2) is 39.4 Å². The van der Waals surface area contributed by atoms with Crippen LogP contribution in [0.15, 0.2) is 53.7 Å². The van der Waals surface area contributed by atoms with Crippen molar-refractivity contribution in [2.24, 2.45) is 7.05 Å². The Balaban J connectivity index is 1.53. The zero-order chi connectivity index (χ0) is 23.1. The molecule has 3 aromatic rings. The van der Waals surface area contributed by atoms with Crippen LogP contribution in [-0.2, 0) is 23.1 Å². The second-order valence-corrected chi connectivity index (χ2v) is 8.31. The van der Waals surface area contributed by atoms with Crippen LogP contribution in [0.3, 0.4) is 0 Å². The molecule has 168 valence electrons. The average molecular weight is 454 g/mol. The van der Waals surface area contributed by atoms with E-state index in [0.29, 0.717) is 11.0 Å². The molecule has 0 aliphatic heterocycles. The van der Waals surface area contributed by atoms with Crippen LogP contribution < -0.4 is 15.4 Å². The van der Waals surface area contributed by atoms with Crippen LogP contribution in [0.5, 0.6) is 5.75 Å². The van der Waals surface area contributed by atoms with Crippen LogP contribution in [0.25, 0.3) is 0 Å². The fourth-order valence-electron chi connectivity index (χ4n) is 3.14. The smallest absolute Gasteiger partial charge is 0.234 e. The van der Waals surface area contributed by atoms with Gasteiger partial charge in [0.25, 0.3) is 0 Å². The third kappa shape index (κ3) is 6.10. The number of benzene rings is 2. The van der Waals surface area contributed by atoms with Gasteiger partial charge in [-0.15, -0.1) is 10.2 Å². The molecule has 2 aromatic carbocycles. The Labute approximate surface area is 191 Å². The fourth-order valence-corrected chi connectivity index (χ4v) is 3.86. The minimum absolute atomic E-state index is 0.113. The van der Waals surface area contributed by atoms with Crippen molar-refractivity contribution in [2.75, 3.05) is 18.2 Å². The second kappa shape index (κ2) is 10.8. The second-order valence-electron chi connectivity index (χ2n) is 7.37. The minimum Gasteiger partial charge on any atom is -0.497 e. The van der Waals surface area contributed by atoms with Gasteiger partial charge in [-0.1, -0.05) is 42.1 Å². The van der Waals surface area contributed by atoms with E-state index in [1.54, 1.807) is 11.7 Å². The number of aromatic nitrogens is 3. The molecule has 1 heterocycles. The van der Waals surface area contributed by atoms with Crippen LogP contribution in [0.2, 0.25) is 0 Å². The Hall–Kier alpha value is -3.33. The highest BCUT2D eigenvalue weighted by atomic mass is 32.2. The summed E-state index contributed by atoms with van der Waals surface area (Å²) in [4.78, 5) is 24.7. The van der Waals surface area contributed by atoms with Gasteiger partial charge in [-0.05, 0) is 43.2 Å². The zero-order valence-electron chi connectivity index (χ0n) is 18.6. The van der Waals surface area contributed by atoms with Crippen molar-refractivity contribution in [1.29, 1.82) is 0 Å². The van der Waals surface area contributed by atoms with Crippen molar-refractivity contribution in [3.05, 3.63) is 65.5 Å². The van der Waals surface area contributed by atoms with Gasteiger partial charge in [-0.3, -0.25) is 9.59 Å². The molecule has 0 aliphatic carbocycles. The molecule has 32 heavy (non-hydrogen) atoms. The molecule has 0 aliphatic rings. The summed E-state index contributed by atoms with van der Waals surface area (Å²) in [5, 5.41) is 14.8. The van der Waals surface area contributed by atoms with E-state index < -0.39 is 0 Å². The molecular weight excluding hydrogens is 426 g/mol. The SMILES string of the molecule is COc1ccc(CC(=O)N[C@H](C)c2nnc(SCC(=O)Nc3ccccc3C)n2C)cc1. The molecule has 0 radical (unpaired) electrons. The number of aryl methyl sites for hydroxylation is 1. The van der Waals surface area contributed by atoms with E-state index >= 15 is 0 Å². The third-order valence-corrected chi connectivity index (χ3v) is 5.93. The quantitative estimate of drug-likeness (QED) is 0.483. The van der Waals surface area contributed by atoms with E-state index in [4.69, 9.17) is 4.74 Å². The first-order valence-electron chi connectivity index (χ1n) is 10.2. The minimum atomic E-state index is -0.326. The summed E-state index contributed by atoms with van der Waals surface area (Å²) in [5.41, 5.74) is 2.69. The summed E-state index contributed by atoms with van der Waals surface area (Å²) in [7, 11) is 3.43. The first-order valence-corrected chi connectivity index (χ1v) is 11.2. The molecule has 8 nitrogen and oxygen atoms in total. The molecule has 0 unspecified atom stereocenters. The van der Waals surface area contributed by atoms with Crippen LogP contribution >= 0.6 is 11.8 Å². The number of amides is 2. The lowest BCUT2D eigenvalue weighted by atomic mass is 10.1. The Morgan fingerprint density at radius 2 is 1.81 bits per heavy atom. The molecule has 1 aromatic heterocycles. The number of methoxy groups -OCH3 is 1. The lowest BCUT2D eigenvalue weighted by Gasteiger charge is -2.14. The van der Waals surface area contributed by atoms with Crippen molar-refractivity contribution in [1.82, 2.24) is 20.1 Å². The summed E-state index contributed by atoms with van der Waals surface area (Å²) < 4.78 is 6.93. The van der Waals surface area contributed by atoms with Crippen LogP contribution in [0.4, 0.5) is 5.69 Å². The van der Waals surface area contributed by atoms with Crippen molar-refractivity contribution in [2.45, 2.75) is 31.5 Å². The zero-order valence-corrected chi connectivity index (χ0v) is 19.4. The largest absolute Gasteiger partial charge is 0.497 e. The Morgan fingerprint density at radius 1 is 1.09 bits per heavy atom. The molecular formula is C23H27N5O3S. The summed E-state index contributed by atoms with van der Waals surface area (Å²) in [6.45, 7) is 3.80. The molecule has 0 bridgehead atoms. The number of nitrogens with zero attached hydrogens (tertiary/aromatic N) is 3. The van der Waals surface area contributed by atoms with Gasteiger partial charge in [-0.25, -0.2) is 0 Å². The standard InChI is InChI=1S/C23H27N5O3S/c1-15-7-5-6-8-19(15)25-21(30)14-32-23-27-26-22(28(23)3)16(2)24-20(29)13-17-9-11-18(31-4)12-10-17/h5-12,16H,13-14H2,1-4H3,(H,24,29)(H,25,30)/t16-/m1/s1. The van der Waals surface area contributed by atoms with Crippen molar-refractivity contribution < 1.29 is 14.3 Å². The number of para-hydroxylation sites is 1. The predicted molar refractivity (Wildman–Crippen MR) is 125 cm³/mol. The first-order chi connectivity index (χ1) is 15.4. The Kier molecular flexibility index (Phi) is 7.88. The molecule has 9 heteroatoms. The monoisotopic (exact) mass is 453 g/mol. The number of carbonyl (C=O) groups is 2. The average Bonchev–Trinajstić information content (AvgIpc) is 3.15. The maximum Gasteiger partial charge on any atom is 0.234 e. The maximum atomic E-state index is 12.4. The van der Waals surface area contributed by atoms with E-state index in [1.165, 1.54) is 11.8 Å². The lowest BCUT2D eigenvalue weighted by Crippen LogP contribution is -2.29. The summed E-state index contributed by atoms with van der Waals surface area (Å²) in [6, 6.07) is 14.7. The Morgan fingerprint density at radius 3 is 2.50 bits per heavy atom. The first kappa shape index (κ1) is 23.3. The lowest BCUT2D eigenvalue weighted by molar-refractivity contribution is -0.121. The van der Waals surface area contributed by atoms with Gasteiger partial charge in [0.05, 0.1) is 25.3 Å². The molecule has 2 N–H and O–H groups in total. The number of rotatable bonds is 9. The van der Waals surface area contributed by atoms with Gasteiger partial charge in [0, 0.05) is 12.7 Å². The summed E-state index contributed by atoms with van der Waals surface area (Å²) in [6.07, 6.45) is 0.257. The molecule has 0 spiro atoms. The van der Waals surface area contributed by atoms with Crippen molar-refractivity contribution >= 4 is 29.3 Å². The van der Waals surface area contributed by atoms with Gasteiger partial charge < -0.3 is 19.9 Å². The summed E-state index contributed by atoms with van der Waals surface area (Å²) in [5.74, 6) is 1.35. The fraction of sp³-hybridized carbons (Fsp3) is 0.304. The van der Waals surface area contributed by atoms with Crippen LogP contribution in [0.1, 0.15) is 29.9 Å². The maximum absolute atomic E-state index is 12.4. The van der Waals surface area contributed by atoms with E-state index in [1.807, 2.05) is 69.4 Å². The molecule has 2 amide bonds. The topological polar surface area (TPSA) is 98.1 Å². The van der Waals surface area contributed by atoms with Crippen molar-refractivity contribution in [3.63, 3.8) is 0 Å². The van der Waals surface area contributed by atoms with E-state index in [-0.39, 0.29) is 30.0 Å². The van der Waals surface area contributed by atoms with Crippen molar-refractivity contribution in [3.8, 4) is 5.75 Å². The molecule has 1 atom stereocenters. The van der Waals surface area contributed by atoms with Gasteiger partial charge in [0.1, 0.15) is 5.75 Å². The van der Waals surface area contributed by atoms with E-state index in [2.05, 4.69) is 20.8 Å². The highest BCUT2D eigenvalue weighted by Gasteiger charge is 2.18. The Bertz CT molecular complexity index is 1080. The van der Waals surface area contributed by atoms with Gasteiger partial charge in [-0.2, -0.15) is 0 Å². The molecule has 0 saturated carbocycles. The number of hydrogen-bond donors (Lipinski definition) is 2. The van der Waals surface area contributed by atoms with Gasteiger partial charge in [0.2, 0.25) is 11.8 Å². The number of carbonyl (C=O) groups excluding carboxylic acids is 2. The van der Waals surface area contributed by atoms with Gasteiger partial charge in [0.15, 0.2) is 11.0 Å². The summed E-state index contributed by atoms with van der Waals surface area (Å²) >= 11 is 1.30. The number of hydrogen-bond acceptors (Lipinski definition) is 6. The number of nitrogens with one attached hydrogen (secondary N) is 2. The third-order valence-electron chi connectivity index (χ3n) is 4.91.